The normalized spacial score (nSPS) is 10.8. The Bertz CT molecular complexity index is 1010. The average molecular weight is 402 g/mol. The zero-order valence-electron chi connectivity index (χ0n) is 15.6. The highest BCUT2D eigenvalue weighted by atomic mass is 35.5. The maximum atomic E-state index is 12.5. The fourth-order valence-corrected chi connectivity index (χ4v) is 2.90. The highest BCUT2D eigenvalue weighted by molar-refractivity contribution is 6.31. The molecule has 0 fully saturated rings. The Morgan fingerprint density at radius 2 is 1.96 bits per heavy atom. The number of anilines is 1. The fraction of sp³-hybridized carbons (Fsp3) is 0.238. The van der Waals surface area contributed by atoms with Crippen LogP contribution in [0.25, 0.3) is 11.0 Å². The van der Waals surface area contributed by atoms with E-state index < -0.39 is 18.5 Å². The molecular formula is C21H20ClNO5. The number of ether oxygens (including phenoxy) is 2. The average Bonchev–Trinajstić information content (AvgIpc) is 3.06. The van der Waals surface area contributed by atoms with Crippen LogP contribution in [0.5, 0.6) is 0 Å². The van der Waals surface area contributed by atoms with E-state index in [4.69, 9.17) is 25.5 Å². The minimum Gasteiger partial charge on any atom is -0.450 e. The predicted octanol–water partition coefficient (Wildman–Crippen LogP) is 4.73. The van der Waals surface area contributed by atoms with E-state index in [1.54, 1.807) is 24.3 Å². The molecule has 0 bridgehead atoms. The number of benzene rings is 2. The van der Waals surface area contributed by atoms with Crippen molar-refractivity contribution in [3.8, 4) is 0 Å². The number of amides is 1. The Kier molecular flexibility index (Phi) is 6.34. The standard InChI is InChI=1S/C21H20ClNO5/c1-3-26-11-16-15-6-4-5-7-18(15)28-20(16)21(25)27-12-19(24)23-17-10-14(22)9-8-13(17)2/h4-10H,3,11-12H2,1-2H3,(H,23,24). The van der Waals surface area contributed by atoms with E-state index in [1.807, 2.05) is 32.0 Å². The molecule has 0 radical (unpaired) electrons. The van der Waals surface area contributed by atoms with E-state index >= 15 is 0 Å². The van der Waals surface area contributed by atoms with Gasteiger partial charge >= 0.3 is 5.97 Å². The predicted molar refractivity (Wildman–Crippen MR) is 107 cm³/mol. The molecule has 0 unspecified atom stereocenters. The number of fused-ring (bicyclic) bond motifs is 1. The van der Waals surface area contributed by atoms with Gasteiger partial charge in [0.1, 0.15) is 5.58 Å². The van der Waals surface area contributed by atoms with Crippen LogP contribution in [0.15, 0.2) is 46.9 Å². The number of aryl methyl sites for hydroxylation is 1. The van der Waals surface area contributed by atoms with Gasteiger partial charge in [0, 0.05) is 28.3 Å². The summed E-state index contributed by atoms with van der Waals surface area (Å²) in [6.45, 7) is 3.96. The number of rotatable bonds is 7. The molecule has 28 heavy (non-hydrogen) atoms. The summed E-state index contributed by atoms with van der Waals surface area (Å²) in [7, 11) is 0. The summed E-state index contributed by atoms with van der Waals surface area (Å²) >= 11 is 5.94. The third-order valence-electron chi connectivity index (χ3n) is 4.14. The summed E-state index contributed by atoms with van der Waals surface area (Å²) in [5.74, 6) is -1.15. The van der Waals surface area contributed by atoms with Crippen LogP contribution in [-0.4, -0.2) is 25.1 Å². The largest absolute Gasteiger partial charge is 0.450 e. The van der Waals surface area contributed by atoms with Gasteiger partial charge in [0.2, 0.25) is 5.76 Å². The zero-order chi connectivity index (χ0) is 20.1. The molecule has 0 atom stereocenters. The zero-order valence-corrected chi connectivity index (χ0v) is 16.3. The Balaban J connectivity index is 1.70. The Labute approximate surface area is 167 Å². The van der Waals surface area contributed by atoms with Crippen LogP contribution in [0.4, 0.5) is 5.69 Å². The number of para-hydroxylation sites is 1. The van der Waals surface area contributed by atoms with E-state index in [-0.39, 0.29) is 12.4 Å². The summed E-state index contributed by atoms with van der Waals surface area (Å²) in [6.07, 6.45) is 0. The number of carbonyl (C=O) groups excluding carboxylic acids is 2. The number of nitrogens with one attached hydrogen (secondary N) is 1. The molecule has 0 saturated heterocycles. The molecule has 0 saturated carbocycles. The lowest BCUT2D eigenvalue weighted by Crippen LogP contribution is -2.21. The lowest BCUT2D eigenvalue weighted by Gasteiger charge is -2.09. The van der Waals surface area contributed by atoms with Gasteiger partial charge in [-0.15, -0.1) is 0 Å². The lowest BCUT2D eigenvalue weighted by atomic mass is 10.1. The van der Waals surface area contributed by atoms with Crippen molar-refractivity contribution in [2.75, 3.05) is 18.5 Å². The molecule has 1 aromatic heterocycles. The smallest absolute Gasteiger partial charge is 0.375 e. The van der Waals surface area contributed by atoms with Crippen molar-refractivity contribution in [1.82, 2.24) is 0 Å². The van der Waals surface area contributed by atoms with Gasteiger partial charge in [0.15, 0.2) is 6.61 Å². The van der Waals surface area contributed by atoms with E-state index in [2.05, 4.69) is 5.32 Å². The van der Waals surface area contributed by atoms with Gasteiger partial charge in [0.25, 0.3) is 5.91 Å². The van der Waals surface area contributed by atoms with Crippen LogP contribution in [0, 0.1) is 6.92 Å². The van der Waals surface area contributed by atoms with Crippen molar-refractivity contribution in [2.45, 2.75) is 20.5 Å². The van der Waals surface area contributed by atoms with Crippen molar-refractivity contribution in [2.24, 2.45) is 0 Å². The molecular weight excluding hydrogens is 382 g/mol. The minimum absolute atomic E-state index is 0.0430. The molecule has 6 nitrogen and oxygen atoms in total. The highest BCUT2D eigenvalue weighted by Gasteiger charge is 2.22. The van der Waals surface area contributed by atoms with Crippen LogP contribution in [-0.2, 0) is 20.9 Å². The number of furan rings is 1. The second-order valence-electron chi connectivity index (χ2n) is 6.13. The number of hydrogen-bond donors (Lipinski definition) is 1. The van der Waals surface area contributed by atoms with Gasteiger partial charge in [-0.2, -0.15) is 0 Å². The first-order valence-corrected chi connectivity index (χ1v) is 9.18. The molecule has 1 heterocycles. The first-order chi connectivity index (χ1) is 13.5. The molecule has 0 aliphatic heterocycles. The Morgan fingerprint density at radius 1 is 1.18 bits per heavy atom. The monoisotopic (exact) mass is 401 g/mol. The number of esters is 1. The van der Waals surface area contributed by atoms with Gasteiger partial charge < -0.3 is 19.2 Å². The van der Waals surface area contributed by atoms with E-state index in [0.29, 0.717) is 28.5 Å². The van der Waals surface area contributed by atoms with Crippen molar-refractivity contribution in [1.29, 1.82) is 0 Å². The van der Waals surface area contributed by atoms with Crippen LogP contribution < -0.4 is 5.32 Å². The second-order valence-corrected chi connectivity index (χ2v) is 6.56. The molecule has 1 N–H and O–H groups in total. The molecule has 7 heteroatoms. The van der Waals surface area contributed by atoms with Crippen LogP contribution in [0.3, 0.4) is 0 Å². The first-order valence-electron chi connectivity index (χ1n) is 8.81. The molecule has 146 valence electrons. The third kappa shape index (κ3) is 4.52. The Morgan fingerprint density at radius 3 is 2.75 bits per heavy atom. The van der Waals surface area contributed by atoms with E-state index in [9.17, 15) is 9.59 Å². The van der Waals surface area contributed by atoms with Gasteiger partial charge in [-0.1, -0.05) is 35.9 Å². The topological polar surface area (TPSA) is 77.8 Å². The highest BCUT2D eigenvalue weighted by Crippen LogP contribution is 2.27. The van der Waals surface area contributed by atoms with Crippen molar-refractivity contribution in [3.63, 3.8) is 0 Å². The fourth-order valence-electron chi connectivity index (χ4n) is 2.72. The van der Waals surface area contributed by atoms with Crippen molar-refractivity contribution in [3.05, 3.63) is 64.4 Å². The molecule has 0 aliphatic carbocycles. The molecule has 0 spiro atoms. The summed E-state index contributed by atoms with van der Waals surface area (Å²) in [5, 5.41) is 3.96. The van der Waals surface area contributed by atoms with Gasteiger partial charge in [-0.05, 0) is 37.6 Å². The third-order valence-corrected chi connectivity index (χ3v) is 4.38. The second kappa shape index (κ2) is 8.91. The maximum Gasteiger partial charge on any atom is 0.375 e. The van der Waals surface area contributed by atoms with Crippen molar-refractivity contribution >= 4 is 40.1 Å². The quantitative estimate of drug-likeness (QED) is 0.579. The van der Waals surface area contributed by atoms with E-state index in [0.717, 1.165) is 10.9 Å². The number of hydrogen-bond acceptors (Lipinski definition) is 5. The number of carbonyl (C=O) groups is 2. The maximum absolute atomic E-state index is 12.5. The lowest BCUT2D eigenvalue weighted by molar-refractivity contribution is -0.119. The molecule has 2 aromatic carbocycles. The van der Waals surface area contributed by atoms with Crippen LogP contribution in [0.1, 0.15) is 28.6 Å². The summed E-state index contributed by atoms with van der Waals surface area (Å²) < 4.78 is 16.2. The minimum atomic E-state index is -0.719. The van der Waals surface area contributed by atoms with Crippen LogP contribution >= 0.6 is 11.6 Å². The Hall–Kier alpha value is -2.83. The van der Waals surface area contributed by atoms with Crippen LogP contribution in [0.2, 0.25) is 5.02 Å². The SMILES string of the molecule is CCOCc1c(C(=O)OCC(=O)Nc2cc(Cl)ccc2C)oc2ccccc12. The van der Waals surface area contributed by atoms with Gasteiger partial charge in [0.05, 0.1) is 6.61 Å². The van der Waals surface area contributed by atoms with Crippen molar-refractivity contribution < 1.29 is 23.5 Å². The molecule has 1 amide bonds. The van der Waals surface area contributed by atoms with Gasteiger partial charge in [-0.3, -0.25) is 4.79 Å². The summed E-state index contributed by atoms with van der Waals surface area (Å²) in [5.41, 5.74) is 2.58. The van der Waals surface area contributed by atoms with Gasteiger partial charge in [-0.25, -0.2) is 4.79 Å². The summed E-state index contributed by atoms with van der Waals surface area (Å²) in [6, 6.07) is 12.4. The number of halogens is 1. The summed E-state index contributed by atoms with van der Waals surface area (Å²) in [4.78, 5) is 24.7. The molecule has 0 aliphatic rings. The molecule has 3 aromatic rings. The van der Waals surface area contributed by atoms with E-state index in [1.165, 1.54) is 0 Å². The first kappa shape index (κ1) is 19.9. The molecule has 3 rings (SSSR count).